The Hall–Kier alpha value is -3.13. The lowest BCUT2D eigenvalue weighted by molar-refractivity contribution is 0.181. The Morgan fingerprint density at radius 3 is 2.64 bits per heavy atom. The molecule has 1 amide bonds. The second-order valence-electron chi connectivity index (χ2n) is 6.53. The molecule has 0 saturated carbocycles. The molecule has 1 saturated heterocycles. The molecular weight excluding hydrogens is 380 g/mol. The third kappa shape index (κ3) is 3.77. The van der Waals surface area contributed by atoms with Crippen molar-refractivity contribution >= 4 is 29.5 Å². The molecule has 0 radical (unpaired) electrons. The average Bonchev–Trinajstić information content (AvgIpc) is 3.29. The summed E-state index contributed by atoms with van der Waals surface area (Å²) < 4.78 is 6.73. The van der Waals surface area contributed by atoms with Gasteiger partial charge in [-0.1, -0.05) is 35.9 Å². The second kappa shape index (κ2) is 7.47. The van der Waals surface area contributed by atoms with Gasteiger partial charge in [-0.15, -0.1) is 0 Å². The number of anilines is 2. The van der Waals surface area contributed by atoms with Crippen LogP contribution in [0.3, 0.4) is 0 Å². The van der Waals surface area contributed by atoms with Crippen molar-refractivity contribution < 1.29 is 9.53 Å². The molecule has 1 atom stereocenters. The Balaban J connectivity index is 1.51. The van der Waals surface area contributed by atoms with Gasteiger partial charge in [0.05, 0.1) is 18.8 Å². The zero-order valence-electron chi connectivity index (χ0n) is 15.5. The highest BCUT2D eigenvalue weighted by Crippen LogP contribution is 2.25. The molecule has 1 aliphatic rings. The van der Waals surface area contributed by atoms with Gasteiger partial charge in [0.1, 0.15) is 17.6 Å². The van der Waals surface area contributed by atoms with Crippen LogP contribution in [0.5, 0.6) is 0 Å². The monoisotopic (exact) mass is 398 g/mol. The number of ether oxygens (including phenoxy) is 1. The zero-order chi connectivity index (χ0) is 19.7. The van der Waals surface area contributed by atoms with E-state index in [9.17, 15) is 4.79 Å². The van der Waals surface area contributed by atoms with Gasteiger partial charge in [-0.2, -0.15) is 10.1 Å². The standard InChI is InChI=1S/C19H19ClN6O2/c1-12(13-3-5-14(6-4-13)15-10-21-25(2)11-15)22-18-23-16(20)9-17(24-18)26-7-8-28-19(26)27/h3-6,9-12H,7-8H2,1-2H3,(H,22,23,24). The maximum absolute atomic E-state index is 11.8. The van der Waals surface area contributed by atoms with Crippen molar-refractivity contribution in [1.29, 1.82) is 0 Å². The first-order chi connectivity index (χ1) is 13.5. The van der Waals surface area contributed by atoms with E-state index in [2.05, 4.69) is 32.5 Å². The van der Waals surface area contributed by atoms with Crippen LogP contribution >= 0.6 is 11.6 Å². The number of carbonyl (C=O) groups excluding carboxylic acids is 1. The smallest absolute Gasteiger partial charge is 0.415 e. The highest BCUT2D eigenvalue weighted by molar-refractivity contribution is 6.29. The lowest BCUT2D eigenvalue weighted by Gasteiger charge is -2.17. The molecule has 3 aromatic rings. The summed E-state index contributed by atoms with van der Waals surface area (Å²) in [5, 5.41) is 7.69. The van der Waals surface area contributed by atoms with Gasteiger partial charge in [0, 0.05) is 24.9 Å². The van der Waals surface area contributed by atoms with Gasteiger partial charge in [0.15, 0.2) is 0 Å². The van der Waals surface area contributed by atoms with Crippen molar-refractivity contribution in [1.82, 2.24) is 19.7 Å². The van der Waals surface area contributed by atoms with Crippen LogP contribution in [0, 0.1) is 0 Å². The van der Waals surface area contributed by atoms with Gasteiger partial charge in [-0.05, 0) is 18.1 Å². The zero-order valence-corrected chi connectivity index (χ0v) is 16.2. The van der Waals surface area contributed by atoms with Gasteiger partial charge < -0.3 is 10.1 Å². The van der Waals surface area contributed by atoms with E-state index < -0.39 is 6.09 Å². The Labute approximate surface area is 167 Å². The fourth-order valence-corrected chi connectivity index (χ4v) is 3.20. The van der Waals surface area contributed by atoms with E-state index in [1.54, 1.807) is 10.7 Å². The van der Waals surface area contributed by atoms with Crippen LogP contribution in [0.25, 0.3) is 11.1 Å². The summed E-state index contributed by atoms with van der Waals surface area (Å²) >= 11 is 6.12. The van der Waals surface area contributed by atoms with E-state index in [0.29, 0.717) is 24.9 Å². The van der Waals surface area contributed by atoms with Gasteiger partial charge >= 0.3 is 6.09 Å². The van der Waals surface area contributed by atoms with Crippen LogP contribution in [-0.4, -0.2) is 39.0 Å². The SMILES string of the molecule is CC(Nc1nc(Cl)cc(N2CCOC2=O)n1)c1ccc(-c2cnn(C)c2)cc1. The van der Waals surface area contributed by atoms with Crippen molar-refractivity contribution in [2.24, 2.45) is 7.05 Å². The summed E-state index contributed by atoms with van der Waals surface area (Å²) in [7, 11) is 1.89. The van der Waals surface area contributed by atoms with E-state index >= 15 is 0 Å². The summed E-state index contributed by atoms with van der Waals surface area (Å²) in [6.07, 6.45) is 3.38. The minimum atomic E-state index is -0.431. The lowest BCUT2D eigenvalue weighted by Crippen LogP contribution is -2.25. The quantitative estimate of drug-likeness (QED) is 0.660. The van der Waals surface area contributed by atoms with Gasteiger partial charge in [-0.3, -0.25) is 9.58 Å². The summed E-state index contributed by atoms with van der Waals surface area (Å²) in [6.45, 7) is 2.78. The first-order valence-corrected chi connectivity index (χ1v) is 9.22. The van der Waals surface area contributed by atoms with E-state index in [0.717, 1.165) is 16.7 Å². The predicted octanol–water partition coefficient (Wildman–Crippen LogP) is 3.66. The number of carbonyl (C=O) groups is 1. The Morgan fingerprint density at radius 1 is 1.21 bits per heavy atom. The predicted molar refractivity (Wildman–Crippen MR) is 106 cm³/mol. The van der Waals surface area contributed by atoms with Crippen molar-refractivity contribution in [3.05, 3.63) is 53.4 Å². The Kier molecular flexibility index (Phi) is 4.87. The summed E-state index contributed by atoms with van der Waals surface area (Å²) in [5.41, 5.74) is 3.23. The molecule has 144 valence electrons. The molecule has 1 unspecified atom stereocenters. The van der Waals surface area contributed by atoms with Crippen LogP contribution in [-0.2, 0) is 11.8 Å². The number of hydrogen-bond acceptors (Lipinski definition) is 6. The number of rotatable bonds is 5. The van der Waals surface area contributed by atoms with Crippen LogP contribution in [0.15, 0.2) is 42.7 Å². The molecule has 28 heavy (non-hydrogen) atoms. The molecule has 3 heterocycles. The fourth-order valence-electron chi connectivity index (χ4n) is 3.02. The average molecular weight is 399 g/mol. The van der Waals surface area contributed by atoms with E-state index in [-0.39, 0.29) is 11.2 Å². The minimum absolute atomic E-state index is 0.0557. The molecule has 9 heteroatoms. The number of hydrogen-bond donors (Lipinski definition) is 1. The molecule has 0 spiro atoms. The maximum atomic E-state index is 11.8. The topological polar surface area (TPSA) is 85.2 Å². The van der Waals surface area contributed by atoms with E-state index in [1.165, 1.54) is 4.90 Å². The van der Waals surface area contributed by atoms with Gasteiger partial charge in [-0.25, -0.2) is 9.78 Å². The van der Waals surface area contributed by atoms with Crippen LogP contribution in [0.4, 0.5) is 16.6 Å². The van der Waals surface area contributed by atoms with Crippen LogP contribution in [0.1, 0.15) is 18.5 Å². The van der Waals surface area contributed by atoms with E-state index in [1.807, 2.05) is 38.5 Å². The maximum Gasteiger partial charge on any atom is 0.415 e. The molecule has 1 fully saturated rings. The summed E-state index contributed by atoms with van der Waals surface area (Å²) in [4.78, 5) is 21.8. The lowest BCUT2D eigenvalue weighted by atomic mass is 10.0. The Morgan fingerprint density at radius 2 is 2.00 bits per heavy atom. The highest BCUT2D eigenvalue weighted by Gasteiger charge is 2.25. The van der Waals surface area contributed by atoms with Crippen LogP contribution < -0.4 is 10.2 Å². The second-order valence-corrected chi connectivity index (χ2v) is 6.92. The molecule has 2 aromatic heterocycles. The molecular formula is C19H19ClN6O2. The normalized spacial score (nSPS) is 14.8. The molecule has 1 aromatic carbocycles. The molecule has 8 nitrogen and oxygen atoms in total. The van der Waals surface area contributed by atoms with Crippen molar-refractivity contribution in [2.75, 3.05) is 23.4 Å². The largest absolute Gasteiger partial charge is 0.447 e. The highest BCUT2D eigenvalue weighted by atomic mass is 35.5. The third-order valence-electron chi connectivity index (χ3n) is 4.51. The minimum Gasteiger partial charge on any atom is -0.447 e. The molecule has 1 aliphatic heterocycles. The number of cyclic esters (lactones) is 1. The molecule has 0 aliphatic carbocycles. The number of nitrogens with zero attached hydrogens (tertiary/aromatic N) is 5. The summed E-state index contributed by atoms with van der Waals surface area (Å²) in [5.74, 6) is 0.773. The Bertz CT molecular complexity index is 1000. The molecule has 1 N–H and O–H groups in total. The number of amides is 1. The van der Waals surface area contributed by atoms with E-state index in [4.69, 9.17) is 16.3 Å². The first kappa shape index (κ1) is 18.2. The number of nitrogens with one attached hydrogen (secondary N) is 1. The third-order valence-corrected chi connectivity index (χ3v) is 4.71. The number of benzene rings is 1. The molecule has 0 bridgehead atoms. The number of aryl methyl sites for hydroxylation is 1. The molecule has 4 rings (SSSR count). The van der Waals surface area contributed by atoms with Gasteiger partial charge in [0.25, 0.3) is 0 Å². The van der Waals surface area contributed by atoms with Crippen molar-refractivity contribution in [2.45, 2.75) is 13.0 Å². The van der Waals surface area contributed by atoms with Crippen LogP contribution in [0.2, 0.25) is 5.15 Å². The van der Waals surface area contributed by atoms with Crippen molar-refractivity contribution in [3.63, 3.8) is 0 Å². The van der Waals surface area contributed by atoms with Gasteiger partial charge in [0.2, 0.25) is 5.95 Å². The fraction of sp³-hybridized carbons (Fsp3) is 0.263. The summed E-state index contributed by atoms with van der Waals surface area (Å²) in [6, 6.07) is 9.68. The van der Waals surface area contributed by atoms with Crippen molar-refractivity contribution in [3.8, 4) is 11.1 Å². The number of halogens is 1. The number of aromatic nitrogens is 4. The first-order valence-electron chi connectivity index (χ1n) is 8.84.